The summed E-state index contributed by atoms with van der Waals surface area (Å²) in [5, 5.41) is 36.2. The number of allylic oxidation sites excluding steroid dienone is 4. The number of aliphatic imine (C=N–C) groups is 1. The lowest BCUT2D eigenvalue weighted by Crippen LogP contribution is -2.60. The van der Waals surface area contributed by atoms with Crippen LogP contribution >= 0.6 is 0 Å². The molecule has 3 aromatic rings. The van der Waals surface area contributed by atoms with Crippen molar-refractivity contribution in [3.05, 3.63) is 99.3 Å². The summed E-state index contributed by atoms with van der Waals surface area (Å²) in [7, 11) is 1.49. The summed E-state index contributed by atoms with van der Waals surface area (Å²) in [6, 6.07) is 10.5. The molecule has 6 aliphatic rings. The van der Waals surface area contributed by atoms with Crippen molar-refractivity contribution >= 4 is 34.5 Å². The van der Waals surface area contributed by atoms with E-state index in [-0.39, 0.29) is 72.8 Å². The molecule has 57 heavy (non-hydrogen) atoms. The number of phenols is 1. The van der Waals surface area contributed by atoms with E-state index in [9.17, 15) is 29.7 Å². The number of Topliss-reactive ketones (excluding diaryl/α,β-unsaturated/α-hetero) is 1. The number of aromatic hydroxyl groups is 1. The van der Waals surface area contributed by atoms with E-state index >= 15 is 0 Å². The number of methoxy groups -OCH3 is 1. The number of amides is 1. The molecule has 2 fully saturated rings. The summed E-state index contributed by atoms with van der Waals surface area (Å²) in [6.45, 7) is -0.295. The lowest BCUT2D eigenvalue weighted by Gasteiger charge is -2.41. The standard InChI is InChI=1S/C44H40N2O11/c1-53-27-15-25-16-29(23-7-2-3-8-23)38-33(48)20-46-19-30-24(9-4-11-28(30)43(46)52)10-6-14-55-42-39(49)35(57-44(41(42)51)56-34(17-27)37(25)40(38)50)22-54-21-26-18-45-31-12-5-13-32(47)36(26)31/h4-5,9,11-13,15-18,23,35,39,41-42,44,49-51H,2-3,7-8,10,19-22H2,1H3/t35-,39-,41-,42+,44-/m1/s1. The zero-order chi connectivity index (χ0) is 39.4. The molecule has 3 aromatic carbocycles. The number of ketones is 2. The Hall–Kier alpha value is -5.78. The maximum Gasteiger partial charge on any atom is 0.254 e. The number of carbonyl (C=O) groups excluding carboxylic acids is 3. The minimum atomic E-state index is -1.61. The fourth-order valence-corrected chi connectivity index (χ4v) is 8.74. The van der Waals surface area contributed by atoms with Gasteiger partial charge in [0.2, 0.25) is 6.29 Å². The van der Waals surface area contributed by atoms with Crippen LogP contribution in [0.2, 0.25) is 0 Å². The van der Waals surface area contributed by atoms with E-state index in [1.165, 1.54) is 24.2 Å². The third-order valence-corrected chi connectivity index (χ3v) is 11.6. The molecule has 0 radical (unpaired) electrons. The molecule has 1 saturated carbocycles. The van der Waals surface area contributed by atoms with Gasteiger partial charge in [-0.2, -0.15) is 0 Å². The molecule has 4 aliphatic heterocycles. The van der Waals surface area contributed by atoms with E-state index in [1.54, 1.807) is 36.6 Å². The Morgan fingerprint density at radius 1 is 1.05 bits per heavy atom. The van der Waals surface area contributed by atoms with E-state index in [0.717, 1.165) is 36.8 Å². The fourth-order valence-electron chi connectivity index (χ4n) is 8.74. The molecule has 1 amide bonds. The van der Waals surface area contributed by atoms with Gasteiger partial charge in [-0.3, -0.25) is 19.4 Å². The second-order valence-corrected chi connectivity index (χ2v) is 15.1. The monoisotopic (exact) mass is 772 g/mol. The maximum atomic E-state index is 14.4. The van der Waals surface area contributed by atoms with E-state index < -0.39 is 36.5 Å². The van der Waals surface area contributed by atoms with Crippen LogP contribution in [0.5, 0.6) is 17.2 Å². The molecular weight excluding hydrogens is 732 g/mol. The Bertz CT molecular complexity index is 2400. The quantitative estimate of drug-likeness (QED) is 0.307. The van der Waals surface area contributed by atoms with Gasteiger partial charge in [0.25, 0.3) is 5.91 Å². The van der Waals surface area contributed by atoms with Gasteiger partial charge in [0.05, 0.1) is 49.1 Å². The first-order valence-electron chi connectivity index (χ1n) is 19.1. The lowest BCUT2D eigenvalue weighted by atomic mass is 9.87. The number of aliphatic hydroxyl groups excluding tert-OH is 2. The molecule has 292 valence electrons. The van der Waals surface area contributed by atoms with Gasteiger partial charge in [0.1, 0.15) is 35.6 Å². The van der Waals surface area contributed by atoms with Crippen LogP contribution in [0.3, 0.4) is 0 Å². The largest absolute Gasteiger partial charge is 0.506 e. The van der Waals surface area contributed by atoms with Crippen LogP contribution in [0.15, 0.2) is 76.5 Å². The number of aliphatic hydroxyl groups is 2. The summed E-state index contributed by atoms with van der Waals surface area (Å²) in [5.41, 5.74) is 4.34. The van der Waals surface area contributed by atoms with E-state index in [1.807, 2.05) is 12.1 Å². The van der Waals surface area contributed by atoms with Crippen molar-refractivity contribution in [1.82, 2.24) is 4.90 Å². The molecule has 3 N–H and O–H groups in total. The Labute approximate surface area is 327 Å². The minimum absolute atomic E-state index is 0.00959. The number of hydrogen-bond donors (Lipinski definition) is 3. The summed E-state index contributed by atoms with van der Waals surface area (Å²) >= 11 is 0. The predicted molar refractivity (Wildman–Crippen MR) is 205 cm³/mol. The highest BCUT2D eigenvalue weighted by Crippen LogP contribution is 2.47. The summed E-state index contributed by atoms with van der Waals surface area (Å²) in [6.07, 6.45) is 5.80. The van der Waals surface area contributed by atoms with Gasteiger partial charge in [0.15, 0.2) is 23.8 Å². The first-order chi connectivity index (χ1) is 27.7. The molecule has 9 rings (SSSR count). The summed E-state index contributed by atoms with van der Waals surface area (Å²) < 4.78 is 30.1. The Morgan fingerprint density at radius 2 is 1.89 bits per heavy atom. The van der Waals surface area contributed by atoms with Gasteiger partial charge in [-0.1, -0.05) is 37.0 Å². The Morgan fingerprint density at radius 3 is 2.72 bits per heavy atom. The third kappa shape index (κ3) is 6.58. The molecule has 2 aliphatic carbocycles. The van der Waals surface area contributed by atoms with Crippen molar-refractivity contribution in [2.75, 3.05) is 26.9 Å². The van der Waals surface area contributed by atoms with Gasteiger partial charge in [0, 0.05) is 36.4 Å². The smallest absolute Gasteiger partial charge is 0.254 e. The molecule has 0 aromatic heterocycles. The number of rotatable bonds is 6. The molecular formula is C44H40N2O11. The average molecular weight is 773 g/mol. The normalized spacial score (nSPS) is 25.5. The lowest BCUT2D eigenvalue weighted by molar-refractivity contribution is -0.278. The van der Waals surface area contributed by atoms with Crippen molar-refractivity contribution in [3.63, 3.8) is 0 Å². The van der Waals surface area contributed by atoms with Crippen molar-refractivity contribution in [2.45, 2.75) is 75.3 Å². The van der Waals surface area contributed by atoms with E-state index in [4.69, 9.17) is 23.7 Å². The number of phenolic OH excluding ortho intramolecular Hbond substituents is 1. The fraction of sp³-hybridized carbons (Fsp3) is 0.364. The Kier molecular flexibility index (Phi) is 9.66. The average Bonchev–Trinajstić information content (AvgIpc) is 3.96. The number of nitrogens with zero attached hydrogens (tertiary/aromatic N) is 2. The second kappa shape index (κ2) is 14.9. The number of benzene rings is 3. The summed E-state index contributed by atoms with van der Waals surface area (Å²) in [5.74, 6) is 2.16. The Balaban J connectivity index is 1.12. The van der Waals surface area contributed by atoms with E-state index in [2.05, 4.69) is 17.0 Å². The van der Waals surface area contributed by atoms with Crippen LogP contribution in [-0.2, 0) is 32.0 Å². The van der Waals surface area contributed by atoms with Gasteiger partial charge >= 0.3 is 0 Å². The van der Waals surface area contributed by atoms with Gasteiger partial charge < -0.3 is 43.9 Å². The van der Waals surface area contributed by atoms with Crippen LogP contribution < -0.4 is 9.47 Å². The highest BCUT2D eigenvalue weighted by Gasteiger charge is 2.48. The van der Waals surface area contributed by atoms with Crippen LogP contribution in [-0.4, -0.2) is 101 Å². The van der Waals surface area contributed by atoms with E-state index in [0.29, 0.717) is 39.1 Å². The molecule has 1 saturated heterocycles. The predicted octanol–water partition coefficient (Wildman–Crippen LogP) is 4.20. The maximum absolute atomic E-state index is 14.4. The number of fused-ring (bicyclic) bond motifs is 5. The molecule has 13 heteroatoms. The zero-order valence-corrected chi connectivity index (χ0v) is 31.1. The van der Waals surface area contributed by atoms with Gasteiger partial charge in [-0.15, -0.1) is 0 Å². The molecule has 6 bridgehead atoms. The van der Waals surface area contributed by atoms with Crippen LogP contribution in [0.1, 0.15) is 69.0 Å². The van der Waals surface area contributed by atoms with Gasteiger partial charge in [-0.05, 0) is 71.2 Å². The molecule has 0 unspecified atom stereocenters. The van der Waals surface area contributed by atoms with Gasteiger partial charge in [-0.25, -0.2) is 0 Å². The van der Waals surface area contributed by atoms with Crippen LogP contribution in [0, 0.1) is 12.0 Å². The van der Waals surface area contributed by atoms with Crippen molar-refractivity contribution in [3.8, 4) is 29.3 Å². The van der Waals surface area contributed by atoms with Crippen molar-refractivity contribution < 1.29 is 53.4 Å². The molecule has 0 spiro atoms. The first kappa shape index (κ1) is 36.8. The molecule has 4 heterocycles. The highest BCUT2D eigenvalue weighted by molar-refractivity contribution is 6.14. The zero-order valence-electron chi connectivity index (χ0n) is 31.1. The topological polar surface area (TPSA) is 174 Å². The first-order valence-corrected chi connectivity index (χ1v) is 19.1. The summed E-state index contributed by atoms with van der Waals surface area (Å²) in [4.78, 5) is 46.5. The van der Waals surface area contributed by atoms with Crippen molar-refractivity contribution in [2.24, 2.45) is 4.99 Å². The third-order valence-electron chi connectivity index (χ3n) is 11.6. The SMILES string of the molecule is COc1cc2c3c(O)c(c(C4CCCC4)cc3c1)C(=O)CN1Cc3c(cccc3C1=O)CC#CO[C@@H]1[C@@H](O)[C@H](O2)O[C@H](COCC2=C3C(=O)C=CC=C3N=C2)[C@H]1O. The number of hydrogen-bond acceptors (Lipinski definition) is 12. The van der Waals surface area contributed by atoms with Crippen LogP contribution in [0.25, 0.3) is 10.8 Å². The minimum Gasteiger partial charge on any atom is -0.506 e. The highest BCUT2D eigenvalue weighted by atomic mass is 16.7. The van der Waals surface area contributed by atoms with Crippen molar-refractivity contribution in [1.29, 1.82) is 0 Å². The number of ether oxygens (including phenoxy) is 5. The van der Waals surface area contributed by atoms with Crippen LogP contribution in [0.4, 0.5) is 0 Å². The molecule has 13 nitrogen and oxygen atoms in total. The number of carbonyl (C=O) groups is 3. The second-order valence-electron chi connectivity index (χ2n) is 15.1. The molecule has 5 atom stereocenters.